The highest BCUT2D eigenvalue weighted by Gasteiger charge is 2.46. The zero-order valence-electron chi connectivity index (χ0n) is 9.75. The van der Waals surface area contributed by atoms with Crippen LogP contribution in [-0.2, 0) is 19.6 Å². The second-order valence-corrected chi connectivity index (χ2v) is 6.01. The van der Waals surface area contributed by atoms with E-state index in [0.717, 1.165) is 25.2 Å². The maximum atomic E-state index is 11.4. The number of carboxylic acids is 2. The summed E-state index contributed by atoms with van der Waals surface area (Å²) in [6, 6.07) is 0. The zero-order chi connectivity index (χ0) is 14.4. The molecule has 0 aromatic carbocycles. The van der Waals surface area contributed by atoms with Crippen LogP contribution >= 0.6 is 0 Å². The first-order valence-corrected chi connectivity index (χ1v) is 6.41. The smallest absolute Gasteiger partial charge is 0.318 e. The molecule has 0 bridgehead atoms. The first kappa shape index (κ1) is 14.4. The van der Waals surface area contributed by atoms with Crippen LogP contribution in [0.4, 0.5) is 0 Å². The van der Waals surface area contributed by atoms with Crippen LogP contribution < -0.4 is 5.14 Å². The van der Waals surface area contributed by atoms with Crippen LogP contribution in [-0.4, -0.2) is 30.6 Å². The third-order valence-electron chi connectivity index (χ3n) is 2.92. The molecular formula is C10H13NO6S. The molecule has 7 nitrogen and oxygen atoms in total. The number of rotatable bonds is 3. The van der Waals surface area contributed by atoms with E-state index in [1.54, 1.807) is 0 Å². The maximum absolute atomic E-state index is 11.4. The van der Waals surface area contributed by atoms with E-state index in [0.29, 0.717) is 0 Å². The van der Waals surface area contributed by atoms with Gasteiger partial charge in [-0.15, -0.1) is 0 Å². The standard InChI is InChI=1S/C10H13NO6S/c1-9(7(12)13)3-4-10(2,8(14)15)6(5-9)18(11,16)17/h3-5H,1-2H3,(H,12,13)(H,14,15)(H2,11,16,17). The molecule has 0 aliphatic heterocycles. The number of aliphatic carboxylic acids is 2. The molecule has 0 heterocycles. The molecule has 18 heavy (non-hydrogen) atoms. The Morgan fingerprint density at radius 3 is 2.00 bits per heavy atom. The van der Waals surface area contributed by atoms with Gasteiger partial charge in [0, 0.05) is 0 Å². The van der Waals surface area contributed by atoms with Gasteiger partial charge in [0.05, 0.1) is 4.91 Å². The summed E-state index contributed by atoms with van der Waals surface area (Å²) in [5.41, 5.74) is -3.46. The summed E-state index contributed by atoms with van der Waals surface area (Å²) in [4.78, 5) is 21.6. The van der Waals surface area contributed by atoms with Crippen molar-refractivity contribution >= 4 is 22.0 Å². The molecule has 0 saturated carbocycles. The Hall–Kier alpha value is -1.67. The second-order valence-electron chi connectivity index (χ2n) is 4.48. The summed E-state index contributed by atoms with van der Waals surface area (Å²) in [5.74, 6) is -2.72. The Kier molecular flexibility index (Phi) is 3.14. The van der Waals surface area contributed by atoms with E-state index in [4.69, 9.17) is 15.4 Å². The minimum Gasteiger partial charge on any atom is -0.480 e. The van der Waals surface area contributed by atoms with E-state index >= 15 is 0 Å². The lowest BCUT2D eigenvalue weighted by atomic mass is 9.76. The summed E-state index contributed by atoms with van der Waals surface area (Å²) >= 11 is 0. The van der Waals surface area contributed by atoms with E-state index in [9.17, 15) is 18.0 Å². The van der Waals surface area contributed by atoms with Crippen LogP contribution in [0.1, 0.15) is 13.8 Å². The SMILES string of the molecule is CC1(C(=O)O)C=CC(C)(C(=O)O)C(S(N)(=O)=O)=C1. The molecular weight excluding hydrogens is 262 g/mol. The van der Waals surface area contributed by atoms with Gasteiger partial charge in [0.2, 0.25) is 10.0 Å². The molecule has 1 rings (SSSR count). The Morgan fingerprint density at radius 2 is 1.67 bits per heavy atom. The summed E-state index contributed by atoms with van der Waals surface area (Å²) in [6.45, 7) is 2.39. The van der Waals surface area contributed by atoms with Gasteiger partial charge in [-0.05, 0) is 19.9 Å². The van der Waals surface area contributed by atoms with Gasteiger partial charge in [-0.2, -0.15) is 0 Å². The number of hydrogen-bond acceptors (Lipinski definition) is 4. The van der Waals surface area contributed by atoms with Gasteiger partial charge in [0.1, 0.15) is 10.8 Å². The average Bonchev–Trinajstić information content (AvgIpc) is 2.20. The largest absolute Gasteiger partial charge is 0.480 e. The lowest BCUT2D eigenvalue weighted by molar-refractivity contribution is -0.145. The molecule has 0 fully saturated rings. The van der Waals surface area contributed by atoms with Gasteiger partial charge in [-0.25, -0.2) is 13.6 Å². The fourth-order valence-corrected chi connectivity index (χ4v) is 2.74. The Morgan fingerprint density at radius 1 is 1.17 bits per heavy atom. The minimum absolute atomic E-state index is 0.630. The first-order valence-electron chi connectivity index (χ1n) is 4.87. The number of primary sulfonamides is 1. The molecule has 0 aromatic heterocycles. The number of carbonyl (C=O) groups is 2. The molecule has 1 aliphatic rings. The van der Waals surface area contributed by atoms with Crippen molar-refractivity contribution in [3.63, 3.8) is 0 Å². The van der Waals surface area contributed by atoms with E-state index in [1.807, 2.05) is 0 Å². The molecule has 2 unspecified atom stereocenters. The zero-order valence-corrected chi connectivity index (χ0v) is 10.6. The molecule has 0 saturated heterocycles. The van der Waals surface area contributed by atoms with E-state index in [-0.39, 0.29) is 0 Å². The van der Waals surface area contributed by atoms with E-state index in [1.165, 1.54) is 6.92 Å². The first-order chi connectivity index (χ1) is 7.93. The topological polar surface area (TPSA) is 135 Å². The molecule has 0 aromatic rings. The van der Waals surface area contributed by atoms with Gasteiger partial charge >= 0.3 is 11.9 Å². The summed E-state index contributed by atoms with van der Waals surface area (Å²) in [7, 11) is -4.32. The van der Waals surface area contributed by atoms with Crippen molar-refractivity contribution < 1.29 is 28.2 Å². The molecule has 100 valence electrons. The Labute approximate surface area is 104 Å². The van der Waals surface area contributed by atoms with Gasteiger partial charge in [0.25, 0.3) is 0 Å². The predicted molar refractivity (Wildman–Crippen MR) is 61.8 cm³/mol. The van der Waals surface area contributed by atoms with Crippen molar-refractivity contribution in [1.29, 1.82) is 0 Å². The van der Waals surface area contributed by atoms with Gasteiger partial charge < -0.3 is 10.2 Å². The molecule has 8 heteroatoms. The minimum atomic E-state index is -4.32. The fourth-order valence-electron chi connectivity index (χ4n) is 1.58. The van der Waals surface area contributed by atoms with Crippen LogP contribution in [0.25, 0.3) is 0 Å². The number of carboxylic acid groups (broad SMARTS) is 2. The molecule has 0 spiro atoms. The lowest BCUT2D eigenvalue weighted by Gasteiger charge is -2.31. The highest BCUT2D eigenvalue weighted by atomic mass is 32.2. The Balaban J connectivity index is 3.57. The van der Waals surface area contributed by atoms with Gasteiger partial charge in [-0.3, -0.25) is 9.59 Å². The highest BCUT2D eigenvalue weighted by Crippen LogP contribution is 2.41. The normalized spacial score (nSPS) is 31.8. The molecule has 0 amide bonds. The van der Waals surface area contributed by atoms with Crippen LogP contribution in [0.3, 0.4) is 0 Å². The van der Waals surface area contributed by atoms with E-state index < -0.39 is 37.7 Å². The number of sulfonamides is 1. The number of nitrogens with two attached hydrogens (primary N) is 1. The third kappa shape index (κ3) is 2.16. The van der Waals surface area contributed by atoms with Gasteiger partial charge in [-0.1, -0.05) is 12.2 Å². The molecule has 2 atom stereocenters. The van der Waals surface area contributed by atoms with Crippen LogP contribution in [0.15, 0.2) is 23.1 Å². The third-order valence-corrected chi connectivity index (χ3v) is 4.07. The molecule has 4 N–H and O–H groups in total. The van der Waals surface area contributed by atoms with Crippen molar-refractivity contribution in [1.82, 2.24) is 0 Å². The molecule has 1 aliphatic carbocycles. The van der Waals surface area contributed by atoms with Crippen LogP contribution in [0.2, 0.25) is 0 Å². The Bertz CT molecular complexity index is 575. The molecule has 0 radical (unpaired) electrons. The summed E-state index contributed by atoms with van der Waals surface area (Å²) in [6.07, 6.45) is 3.03. The van der Waals surface area contributed by atoms with Crippen LogP contribution in [0.5, 0.6) is 0 Å². The summed E-state index contributed by atoms with van der Waals surface area (Å²) < 4.78 is 22.9. The van der Waals surface area contributed by atoms with Gasteiger partial charge in [0.15, 0.2) is 0 Å². The van der Waals surface area contributed by atoms with Crippen molar-refractivity contribution in [2.45, 2.75) is 13.8 Å². The maximum Gasteiger partial charge on any atom is 0.318 e. The van der Waals surface area contributed by atoms with E-state index in [2.05, 4.69) is 0 Å². The summed E-state index contributed by atoms with van der Waals surface area (Å²) in [5, 5.41) is 23.1. The average molecular weight is 275 g/mol. The fraction of sp³-hybridized carbons (Fsp3) is 0.400. The quantitative estimate of drug-likeness (QED) is 0.616. The second kappa shape index (κ2) is 3.92. The van der Waals surface area contributed by atoms with Crippen molar-refractivity contribution in [2.75, 3.05) is 0 Å². The monoisotopic (exact) mass is 275 g/mol. The van der Waals surface area contributed by atoms with Crippen molar-refractivity contribution in [3.8, 4) is 0 Å². The highest BCUT2D eigenvalue weighted by molar-refractivity contribution is 7.93. The predicted octanol–water partition coefficient (Wildman–Crippen LogP) is -0.0896. The van der Waals surface area contributed by atoms with Crippen molar-refractivity contribution in [2.24, 2.45) is 16.0 Å². The van der Waals surface area contributed by atoms with Crippen LogP contribution in [0, 0.1) is 10.8 Å². The van der Waals surface area contributed by atoms with Crippen molar-refractivity contribution in [3.05, 3.63) is 23.1 Å². The number of hydrogen-bond donors (Lipinski definition) is 3. The lowest BCUT2D eigenvalue weighted by Crippen LogP contribution is -2.39.